The Balaban J connectivity index is 1.77. The third kappa shape index (κ3) is 5.16. The first-order valence-electron chi connectivity index (χ1n) is 7.27. The highest BCUT2D eigenvalue weighted by molar-refractivity contribution is 5.97. The van der Waals surface area contributed by atoms with Crippen LogP contribution in [0.3, 0.4) is 0 Å². The number of nitrogens with one attached hydrogen (secondary N) is 3. The molecule has 0 atom stereocenters. The highest BCUT2D eigenvalue weighted by Gasteiger charge is 2.11. The minimum Gasteiger partial charge on any atom is -0.359 e. The Morgan fingerprint density at radius 1 is 1.50 bits per heavy atom. The molecule has 0 spiro atoms. The molecule has 2 heterocycles. The standard InChI is InChI=1S/C15H20N6O/c16-10-13(11-20-14-2-1-3-18-12-14)15(22)19-6-9-21-7-4-17-5-8-21/h1-3,11-12,17,20H,4-9H2,(H,19,22)/b13-11-. The molecule has 0 bridgehead atoms. The number of pyridine rings is 1. The molecule has 22 heavy (non-hydrogen) atoms. The third-order valence-electron chi connectivity index (χ3n) is 3.33. The molecule has 1 amide bonds. The molecule has 1 aliphatic heterocycles. The van der Waals surface area contributed by atoms with Crippen LogP contribution < -0.4 is 16.0 Å². The predicted octanol–water partition coefficient (Wildman–Crippen LogP) is -0.0776. The second-order valence-electron chi connectivity index (χ2n) is 4.90. The molecule has 1 aromatic heterocycles. The molecule has 2 rings (SSSR count). The highest BCUT2D eigenvalue weighted by Crippen LogP contribution is 2.03. The molecule has 0 saturated carbocycles. The van der Waals surface area contributed by atoms with E-state index in [1.54, 1.807) is 24.5 Å². The molecule has 1 fully saturated rings. The Hall–Kier alpha value is -2.43. The number of aromatic nitrogens is 1. The van der Waals surface area contributed by atoms with Crippen molar-refractivity contribution in [3.63, 3.8) is 0 Å². The maximum Gasteiger partial charge on any atom is 0.263 e. The van der Waals surface area contributed by atoms with Gasteiger partial charge in [0.25, 0.3) is 5.91 Å². The van der Waals surface area contributed by atoms with Gasteiger partial charge in [0.2, 0.25) is 0 Å². The topological polar surface area (TPSA) is 93.1 Å². The number of carbonyl (C=O) groups is 1. The van der Waals surface area contributed by atoms with Gasteiger partial charge in [-0.15, -0.1) is 0 Å². The molecule has 7 heteroatoms. The number of rotatable bonds is 6. The number of piperazine rings is 1. The lowest BCUT2D eigenvalue weighted by Crippen LogP contribution is -2.46. The van der Waals surface area contributed by atoms with Crippen molar-refractivity contribution in [3.05, 3.63) is 36.3 Å². The van der Waals surface area contributed by atoms with E-state index in [2.05, 4.69) is 25.8 Å². The quantitative estimate of drug-likeness (QED) is 0.503. The fraction of sp³-hybridized carbons (Fsp3) is 0.400. The summed E-state index contributed by atoms with van der Waals surface area (Å²) in [6.45, 7) is 5.25. The fourth-order valence-electron chi connectivity index (χ4n) is 2.11. The van der Waals surface area contributed by atoms with Gasteiger partial charge in [0, 0.05) is 51.7 Å². The average molecular weight is 300 g/mol. The zero-order valence-corrected chi connectivity index (χ0v) is 12.4. The van der Waals surface area contributed by atoms with Gasteiger partial charge < -0.3 is 16.0 Å². The van der Waals surface area contributed by atoms with E-state index < -0.39 is 0 Å². The van der Waals surface area contributed by atoms with E-state index in [0.29, 0.717) is 6.54 Å². The van der Waals surface area contributed by atoms with Crippen molar-refractivity contribution in [1.82, 2.24) is 20.5 Å². The Bertz CT molecular complexity index is 545. The molecule has 1 aromatic rings. The van der Waals surface area contributed by atoms with E-state index in [9.17, 15) is 4.79 Å². The van der Waals surface area contributed by atoms with Crippen LogP contribution in [0.2, 0.25) is 0 Å². The van der Waals surface area contributed by atoms with E-state index in [4.69, 9.17) is 5.26 Å². The Labute approximate surface area is 130 Å². The van der Waals surface area contributed by atoms with Gasteiger partial charge in [-0.25, -0.2) is 0 Å². The molecule has 1 aliphatic rings. The molecule has 0 unspecified atom stereocenters. The number of nitriles is 1. The van der Waals surface area contributed by atoms with Crippen LogP contribution in [-0.2, 0) is 4.79 Å². The van der Waals surface area contributed by atoms with Crippen LogP contribution in [0, 0.1) is 11.3 Å². The molecule has 0 aromatic carbocycles. The SMILES string of the molecule is N#C/C(=C/Nc1cccnc1)C(=O)NCCN1CCNCC1. The molecule has 1 saturated heterocycles. The van der Waals surface area contributed by atoms with Crippen molar-refractivity contribution >= 4 is 11.6 Å². The molecule has 3 N–H and O–H groups in total. The predicted molar refractivity (Wildman–Crippen MR) is 83.9 cm³/mol. The van der Waals surface area contributed by atoms with Gasteiger partial charge in [0.1, 0.15) is 11.6 Å². The molecular weight excluding hydrogens is 280 g/mol. The van der Waals surface area contributed by atoms with Crippen molar-refractivity contribution in [2.45, 2.75) is 0 Å². The van der Waals surface area contributed by atoms with Gasteiger partial charge >= 0.3 is 0 Å². The normalized spacial score (nSPS) is 15.9. The maximum absolute atomic E-state index is 11.9. The van der Waals surface area contributed by atoms with Crippen LogP contribution in [0.25, 0.3) is 0 Å². The first-order chi connectivity index (χ1) is 10.8. The second-order valence-corrected chi connectivity index (χ2v) is 4.90. The summed E-state index contributed by atoms with van der Waals surface area (Å²) in [4.78, 5) is 18.2. The van der Waals surface area contributed by atoms with Crippen molar-refractivity contribution in [2.24, 2.45) is 0 Å². The lowest BCUT2D eigenvalue weighted by Gasteiger charge is -2.27. The number of anilines is 1. The van der Waals surface area contributed by atoms with Gasteiger partial charge in [0.05, 0.1) is 11.9 Å². The fourth-order valence-corrected chi connectivity index (χ4v) is 2.11. The first-order valence-corrected chi connectivity index (χ1v) is 7.27. The summed E-state index contributed by atoms with van der Waals surface area (Å²) < 4.78 is 0. The van der Waals surface area contributed by atoms with Crippen LogP contribution in [0.15, 0.2) is 36.3 Å². The zero-order chi connectivity index (χ0) is 15.6. The smallest absolute Gasteiger partial charge is 0.263 e. The summed E-state index contributed by atoms with van der Waals surface area (Å²) >= 11 is 0. The Kier molecular flexibility index (Phi) is 6.36. The van der Waals surface area contributed by atoms with Crippen LogP contribution in [0.5, 0.6) is 0 Å². The van der Waals surface area contributed by atoms with Gasteiger partial charge in [-0.2, -0.15) is 5.26 Å². The Morgan fingerprint density at radius 3 is 3.00 bits per heavy atom. The van der Waals surface area contributed by atoms with E-state index >= 15 is 0 Å². The molecular formula is C15H20N6O. The number of amides is 1. The van der Waals surface area contributed by atoms with Crippen LogP contribution in [-0.4, -0.2) is 55.1 Å². The van der Waals surface area contributed by atoms with Crippen molar-refractivity contribution in [1.29, 1.82) is 5.26 Å². The third-order valence-corrected chi connectivity index (χ3v) is 3.33. The number of hydrogen-bond acceptors (Lipinski definition) is 6. The maximum atomic E-state index is 11.9. The van der Waals surface area contributed by atoms with Gasteiger partial charge in [0.15, 0.2) is 0 Å². The van der Waals surface area contributed by atoms with E-state index in [-0.39, 0.29) is 11.5 Å². The molecule has 116 valence electrons. The second kappa shape index (κ2) is 8.77. The minimum absolute atomic E-state index is 0.0455. The lowest BCUT2D eigenvalue weighted by molar-refractivity contribution is -0.117. The largest absolute Gasteiger partial charge is 0.359 e. The van der Waals surface area contributed by atoms with Crippen molar-refractivity contribution in [2.75, 3.05) is 44.6 Å². The molecule has 0 aliphatic carbocycles. The van der Waals surface area contributed by atoms with Crippen LogP contribution >= 0.6 is 0 Å². The van der Waals surface area contributed by atoms with Gasteiger partial charge in [-0.3, -0.25) is 14.7 Å². The summed E-state index contributed by atoms with van der Waals surface area (Å²) in [5.74, 6) is -0.367. The highest BCUT2D eigenvalue weighted by atomic mass is 16.1. The van der Waals surface area contributed by atoms with E-state index in [0.717, 1.165) is 38.4 Å². The van der Waals surface area contributed by atoms with Crippen LogP contribution in [0.4, 0.5) is 5.69 Å². The first kappa shape index (κ1) is 15.9. The summed E-state index contributed by atoms with van der Waals surface area (Å²) in [5, 5.41) is 18.0. The summed E-state index contributed by atoms with van der Waals surface area (Å²) in [6, 6.07) is 5.48. The Morgan fingerprint density at radius 2 is 2.32 bits per heavy atom. The summed E-state index contributed by atoms with van der Waals surface area (Å²) in [7, 11) is 0. The van der Waals surface area contributed by atoms with Crippen molar-refractivity contribution < 1.29 is 4.79 Å². The number of nitrogens with zero attached hydrogens (tertiary/aromatic N) is 3. The van der Waals surface area contributed by atoms with Gasteiger partial charge in [-0.1, -0.05) is 0 Å². The summed E-state index contributed by atoms with van der Waals surface area (Å²) in [5.41, 5.74) is 0.771. The lowest BCUT2D eigenvalue weighted by atomic mass is 10.3. The number of hydrogen-bond donors (Lipinski definition) is 3. The van der Waals surface area contributed by atoms with Gasteiger partial charge in [-0.05, 0) is 12.1 Å². The molecule has 7 nitrogen and oxygen atoms in total. The van der Waals surface area contributed by atoms with E-state index in [1.165, 1.54) is 6.20 Å². The molecule has 0 radical (unpaired) electrons. The van der Waals surface area contributed by atoms with Crippen molar-refractivity contribution in [3.8, 4) is 6.07 Å². The average Bonchev–Trinajstić information content (AvgIpc) is 2.57. The minimum atomic E-state index is -0.367. The number of carbonyl (C=O) groups excluding carboxylic acids is 1. The van der Waals surface area contributed by atoms with E-state index in [1.807, 2.05) is 6.07 Å². The summed E-state index contributed by atoms with van der Waals surface area (Å²) in [6.07, 6.45) is 4.67. The zero-order valence-electron chi connectivity index (χ0n) is 12.4. The van der Waals surface area contributed by atoms with Crippen LogP contribution in [0.1, 0.15) is 0 Å². The monoisotopic (exact) mass is 300 g/mol.